The summed E-state index contributed by atoms with van der Waals surface area (Å²) in [5.74, 6) is -0.177. The van der Waals surface area contributed by atoms with Crippen LogP contribution in [0.3, 0.4) is 0 Å². The standard InChI is InChI=1S/C15H19FN2S/c1-18(12-13-4-6-14(16)7-5-13)9-8-17-11-15-3-2-10-19-15/h2-7,10,17H,8-9,11-12H2,1H3. The highest BCUT2D eigenvalue weighted by Gasteiger charge is 2.00. The maximum absolute atomic E-state index is 12.8. The average molecular weight is 278 g/mol. The Morgan fingerprint density at radius 1 is 1.21 bits per heavy atom. The van der Waals surface area contributed by atoms with E-state index in [0.717, 1.165) is 31.7 Å². The molecule has 0 radical (unpaired) electrons. The SMILES string of the molecule is CN(CCNCc1cccs1)Cc1ccc(F)cc1. The number of nitrogens with one attached hydrogen (secondary N) is 1. The Hall–Kier alpha value is -1.23. The molecule has 1 aromatic carbocycles. The molecule has 19 heavy (non-hydrogen) atoms. The van der Waals surface area contributed by atoms with E-state index in [9.17, 15) is 4.39 Å². The molecule has 0 atom stereocenters. The zero-order valence-electron chi connectivity index (χ0n) is 11.1. The summed E-state index contributed by atoms with van der Waals surface area (Å²) < 4.78 is 12.8. The Balaban J connectivity index is 1.64. The van der Waals surface area contributed by atoms with E-state index < -0.39 is 0 Å². The minimum Gasteiger partial charge on any atom is -0.311 e. The van der Waals surface area contributed by atoms with E-state index in [-0.39, 0.29) is 5.82 Å². The normalized spacial score (nSPS) is 11.1. The number of nitrogens with zero attached hydrogens (tertiary/aromatic N) is 1. The quantitative estimate of drug-likeness (QED) is 0.783. The lowest BCUT2D eigenvalue weighted by Crippen LogP contribution is -2.28. The highest BCUT2D eigenvalue weighted by molar-refractivity contribution is 7.09. The van der Waals surface area contributed by atoms with Crippen LogP contribution in [0.4, 0.5) is 4.39 Å². The summed E-state index contributed by atoms with van der Waals surface area (Å²) in [5.41, 5.74) is 1.14. The summed E-state index contributed by atoms with van der Waals surface area (Å²) in [6.07, 6.45) is 0. The first-order valence-corrected chi connectivity index (χ1v) is 7.28. The van der Waals surface area contributed by atoms with Gasteiger partial charge in [-0.1, -0.05) is 18.2 Å². The minimum atomic E-state index is -0.177. The molecule has 0 amide bonds. The molecule has 0 aliphatic heterocycles. The van der Waals surface area contributed by atoms with Crippen LogP contribution in [0.5, 0.6) is 0 Å². The van der Waals surface area contributed by atoms with Crippen LogP contribution in [-0.2, 0) is 13.1 Å². The number of likely N-dealkylation sites (N-methyl/N-ethyl adjacent to an activating group) is 1. The van der Waals surface area contributed by atoms with Gasteiger partial charge in [0.05, 0.1) is 0 Å². The van der Waals surface area contributed by atoms with Crippen LogP contribution >= 0.6 is 11.3 Å². The molecule has 0 bridgehead atoms. The van der Waals surface area contributed by atoms with E-state index >= 15 is 0 Å². The van der Waals surface area contributed by atoms with Crippen LogP contribution in [0.2, 0.25) is 0 Å². The zero-order valence-corrected chi connectivity index (χ0v) is 11.9. The zero-order chi connectivity index (χ0) is 13.5. The third-order valence-corrected chi connectivity index (χ3v) is 3.79. The van der Waals surface area contributed by atoms with Gasteiger partial charge in [-0.25, -0.2) is 4.39 Å². The van der Waals surface area contributed by atoms with Gasteiger partial charge in [0.15, 0.2) is 0 Å². The van der Waals surface area contributed by atoms with Gasteiger partial charge in [-0.2, -0.15) is 0 Å². The first-order chi connectivity index (χ1) is 9.24. The summed E-state index contributed by atoms with van der Waals surface area (Å²) in [6.45, 7) is 3.71. The molecule has 4 heteroatoms. The number of thiophene rings is 1. The monoisotopic (exact) mass is 278 g/mol. The number of rotatable bonds is 7. The predicted octanol–water partition coefficient (Wildman–Crippen LogP) is 3.11. The molecule has 2 nitrogen and oxygen atoms in total. The maximum Gasteiger partial charge on any atom is 0.123 e. The summed E-state index contributed by atoms with van der Waals surface area (Å²) in [6, 6.07) is 10.9. The molecule has 0 fully saturated rings. The van der Waals surface area contributed by atoms with Crippen molar-refractivity contribution in [2.24, 2.45) is 0 Å². The molecule has 2 rings (SSSR count). The van der Waals surface area contributed by atoms with Gasteiger partial charge in [0.25, 0.3) is 0 Å². The van der Waals surface area contributed by atoms with Crippen molar-refractivity contribution in [3.05, 3.63) is 58.0 Å². The van der Waals surface area contributed by atoms with Gasteiger partial charge in [0.1, 0.15) is 5.82 Å². The second-order valence-corrected chi connectivity index (χ2v) is 5.65. The van der Waals surface area contributed by atoms with E-state index in [0.29, 0.717) is 0 Å². The fraction of sp³-hybridized carbons (Fsp3) is 0.333. The molecule has 0 aliphatic carbocycles. The summed E-state index contributed by atoms with van der Waals surface area (Å²) >= 11 is 1.77. The second kappa shape index (κ2) is 7.38. The van der Waals surface area contributed by atoms with Crippen LogP contribution in [-0.4, -0.2) is 25.0 Å². The average Bonchev–Trinajstić information content (AvgIpc) is 2.91. The van der Waals surface area contributed by atoms with Crippen molar-refractivity contribution in [2.45, 2.75) is 13.1 Å². The van der Waals surface area contributed by atoms with Crippen molar-refractivity contribution in [1.29, 1.82) is 0 Å². The van der Waals surface area contributed by atoms with E-state index in [2.05, 4.69) is 34.8 Å². The number of halogens is 1. The van der Waals surface area contributed by atoms with E-state index in [1.54, 1.807) is 11.3 Å². The molecule has 0 aliphatic rings. The Morgan fingerprint density at radius 3 is 2.68 bits per heavy atom. The summed E-state index contributed by atoms with van der Waals surface area (Å²) in [7, 11) is 2.08. The van der Waals surface area contributed by atoms with Crippen molar-refractivity contribution < 1.29 is 4.39 Å². The molecule has 1 aromatic heterocycles. The van der Waals surface area contributed by atoms with Crippen molar-refractivity contribution >= 4 is 11.3 Å². The van der Waals surface area contributed by atoms with E-state index in [1.807, 2.05) is 12.1 Å². The number of benzene rings is 1. The molecule has 0 unspecified atom stereocenters. The van der Waals surface area contributed by atoms with E-state index in [1.165, 1.54) is 17.0 Å². The van der Waals surface area contributed by atoms with Crippen LogP contribution in [0.15, 0.2) is 41.8 Å². The van der Waals surface area contributed by atoms with Crippen molar-refractivity contribution in [1.82, 2.24) is 10.2 Å². The van der Waals surface area contributed by atoms with Gasteiger partial charge in [0.2, 0.25) is 0 Å². The highest BCUT2D eigenvalue weighted by Crippen LogP contribution is 2.07. The lowest BCUT2D eigenvalue weighted by Gasteiger charge is -2.16. The lowest BCUT2D eigenvalue weighted by molar-refractivity contribution is 0.324. The third-order valence-electron chi connectivity index (χ3n) is 2.92. The Labute approximate surface area is 117 Å². The van der Waals surface area contributed by atoms with Gasteiger partial charge in [-0.05, 0) is 36.2 Å². The minimum absolute atomic E-state index is 0.177. The molecule has 2 aromatic rings. The van der Waals surface area contributed by atoms with Crippen molar-refractivity contribution in [3.8, 4) is 0 Å². The van der Waals surface area contributed by atoms with Crippen LogP contribution in [0.25, 0.3) is 0 Å². The first-order valence-electron chi connectivity index (χ1n) is 6.40. The molecule has 1 N–H and O–H groups in total. The largest absolute Gasteiger partial charge is 0.311 e. The topological polar surface area (TPSA) is 15.3 Å². The molecule has 1 heterocycles. The van der Waals surface area contributed by atoms with E-state index in [4.69, 9.17) is 0 Å². The van der Waals surface area contributed by atoms with Crippen LogP contribution in [0, 0.1) is 5.82 Å². The predicted molar refractivity (Wildman–Crippen MR) is 78.8 cm³/mol. The highest BCUT2D eigenvalue weighted by atomic mass is 32.1. The van der Waals surface area contributed by atoms with Crippen LogP contribution < -0.4 is 5.32 Å². The van der Waals surface area contributed by atoms with Gasteiger partial charge < -0.3 is 10.2 Å². The number of hydrogen-bond acceptors (Lipinski definition) is 3. The molecule has 0 saturated heterocycles. The molecular formula is C15H19FN2S. The molecule has 0 spiro atoms. The lowest BCUT2D eigenvalue weighted by atomic mass is 10.2. The van der Waals surface area contributed by atoms with Crippen molar-refractivity contribution in [2.75, 3.05) is 20.1 Å². The van der Waals surface area contributed by atoms with Crippen molar-refractivity contribution in [3.63, 3.8) is 0 Å². The number of hydrogen-bond donors (Lipinski definition) is 1. The molecular weight excluding hydrogens is 259 g/mol. The molecule has 0 saturated carbocycles. The van der Waals surface area contributed by atoms with Gasteiger partial charge in [0, 0.05) is 31.1 Å². The smallest absolute Gasteiger partial charge is 0.123 e. The summed E-state index contributed by atoms with van der Waals surface area (Å²) in [4.78, 5) is 3.59. The Morgan fingerprint density at radius 2 is 2.00 bits per heavy atom. The summed E-state index contributed by atoms with van der Waals surface area (Å²) in [5, 5.41) is 5.52. The fourth-order valence-electron chi connectivity index (χ4n) is 1.88. The Kier molecular flexibility index (Phi) is 5.51. The second-order valence-electron chi connectivity index (χ2n) is 4.62. The van der Waals surface area contributed by atoms with Gasteiger partial charge in [-0.15, -0.1) is 11.3 Å². The molecule has 102 valence electrons. The first kappa shape index (κ1) is 14.2. The van der Waals surface area contributed by atoms with Gasteiger partial charge >= 0.3 is 0 Å². The third kappa shape index (κ3) is 5.11. The van der Waals surface area contributed by atoms with Crippen LogP contribution in [0.1, 0.15) is 10.4 Å². The maximum atomic E-state index is 12.8. The van der Waals surface area contributed by atoms with Gasteiger partial charge in [-0.3, -0.25) is 0 Å². The Bertz CT molecular complexity index is 467. The fourth-order valence-corrected chi connectivity index (χ4v) is 2.55.